The number of benzene rings is 3. The first-order valence-electron chi connectivity index (χ1n) is 15.0. The van der Waals surface area contributed by atoms with Crippen LogP contribution in [-0.2, 0) is 10.2 Å². The lowest BCUT2D eigenvalue weighted by molar-refractivity contribution is -0.462. The summed E-state index contributed by atoms with van der Waals surface area (Å²) in [4.78, 5) is 22.5. The van der Waals surface area contributed by atoms with Crippen LogP contribution in [0.2, 0.25) is 5.02 Å². The number of hydrogen-bond acceptors (Lipinski definition) is 7. The molecule has 8 nitrogen and oxygen atoms in total. The molecule has 12 heteroatoms. The van der Waals surface area contributed by atoms with Gasteiger partial charge in [-0.1, -0.05) is 46.4 Å². The summed E-state index contributed by atoms with van der Waals surface area (Å²) in [5, 5.41) is -0.409. The molecule has 1 aliphatic heterocycles. The van der Waals surface area contributed by atoms with Crippen LogP contribution in [0, 0.1) is 11.6 Å². The van der Waals surface area contributed by atoms with Crippen LogP contribution in [0.25, 0.3) is 11.3 Å². The summed E-state index contributed by atoms with van der Waals surface area (Å²) in [6.07, 6.45) is 6.39. The van der Waals surface area contributed by atoms with Crippen molar-refractivity contribution in [1.82, 2.24) is 16.4 Å². The van der Waals surface area contributed by atoms with Gasteiger partial charge in [0.25, 0.3) is 5.69 Å². The number of aromatic nitrogens is 1. The molecule has 47 heavy (non-hydrogen) atoms. The van der Waals surface area contributed by atoms with Crippen LogP contribution in [0.1, 0.15) is 54.0 Å². The first-order valence-corrected chi connectivity index (χ1v) is 15.4. The fourth-order valence-electron chi connectivity index (χ4n) is 5.81. The van der Waals surface area contributed by atoms with Gasteiger partial charge in [0.2, 0.25) is 0 Å². The van der Waals surface area contributed by atoms with Crippen molar-refractivity contribution in [2.75, 3.05) is 20.7 Å². The van der Waals surface area contributed by atoms with E-state index in [1.165, 1.54) is 13.1 Å². The molecule has 0 radical (unpaired) electrons. The van der Waals surface area contributed by atoms with E-state index in [9.17, 15) is 9.18 Å². The minimum Gasteiger partial charge on any atom is -0.490 e. The zero-order valence-corrected chi connectivity index (χ0v) is 26.8. The number of hydrogen-bond donors (Lipinski definition) is 2. The lowest BCUT2D eigenvalue weighted by Gasteiger charge is -2.24. The Labute approximate surface area is 276 Å². The Morgan fingerprint density at radius 1 is 1.11 bits per heavy atom. The molecule has 1 unspecified atom stereocenters. The first kappa shape index (κ1) is 34.1. The smallest absolute Gasteiger partial charge is 0.261 e. The number of aldehydes is 1. The highest BCUT2D eigenvalue weighted by molar-refractivity contribution is 6.31. The molecule has 4 aromatic rings. The Hall–Kier alpha value is -4.29. The molecule has 1 aromatic heterocycles. The first-order chi connectivity index (χ1) is 22.3. The lowest BCUT2D eigenvalue weighted by Crippen LogP contribution is -2.27. The Balaban J connectivity index is 0.00000142. The summed E-state index contributed by atoms with van der Waals surface area (Å²) in [6.45, 7) is -0.280. The molecular formula is C35H36ClF3N5O3+. The molecule has 2 fully saturated rings. The van der Waals surface area contributed by atoms with E-state index < -0.39 is 28.0 Å². The van der Waals surface area contributed by atoms with Gasteiger partial charge in [0.1, 0.15) is 22.7 Å². The van der Waals surface area contributed by atoms with E-state index in [0.29, 0.717) is 35.9 Å². The van der Waals surface area contributed by atoms with Gasteiger partial charge in [-0.05, 0) is 55.3 Å². The molecule has 0 bridgehead atoms. The van der Waals surface area contributed by atoms with Gasteiger partial charge in [-0.25, -0.2) is 8.78 Å². The predicted octanol–water partition coefficient (Wildman–Crippen LogP) is 7.21. The number of carbonyl (C=O) groups excluding carboxylic acids is 1. The van der Waals surface area contributed by atoms with Crippen molar-refractivity contribution < 1.29 is 32.2 Å². The summed E-state index contributed by atoms with van der Waals surface area (Å²) in [5.74, 6) is -1.68. The number of halogens is 4. The van der Waals surface area contributed by atoms with Crippen LogP contribution in [0.4, 0.5) is 18.9 Å². The van der Waals surface area contributed by atoms with Crippen molar-refractivity contribution in [3.05, 3.63) is 106 Å². The maximum atomic E-state index is 15.8. The highest BCUT2D eigenvalue weighted by Crippen LogP contribution is 2.48. The van der Waals surface area contributed by atoms with E-state index in [1.54, 1.807) is 31.4 Å². The van der Waals surface area contributed by atoms with E-state index >= 15 is 8.87 Å². The highest BCUT2D eigenvalue weighted by atomic mass is 35.5. The van der Waals surface area contributed by atoms with E-state index in [4.69, 9.17) is 26.2 Å². The van der Waals surface area contributed by atoms with Crippen LogP contribution in [0.3, 0.4) is 0 Å². The van der Waals surface area contributed by atoms with Gasteiger partial charge in [0.05, 0.1) is 30.5 Å². The van der Waals surface area contributed by atoms with Gasteiger partial charge in [0.15, 0.2) is 29.6 Å². The van der Waals surface area contributed by atoms with Crippen LogP contribution in [-0.4, -0.2) is 54.1 Å². The van der Waals surface area contributed by atoms with E-state index in [2.05, 4.69) is 10.3 Å². The average Bonchev–Trinajstić information content (AvgIpc) is 4.00. The second kappa shape index (κ2) is 13.8. The van der Waals surface area contributed by atoms with Crippen molar-refractivity contribution in [3.63, 3.8) is 0 Å². The maximum absolute atomic E-state index is 15.8. The largest absolute Gasteiger partial charge is 0.490 e. The fraction of sp³-hybridized carbons (Fsp3) is 0.286. The van der Waals surface area contributed by atoms with Crippen molar-refractivity contribution >= 4 is 29.8 Å². The molecular weight excluding hydrogens is 631 g/mol. The molecule has 0 spiro atoms. The Morgan fingerprint density at radius 3 is 2.47 bits per heavy atom. The monoisotopic (exact) mass is 666 g/mol. The fourth-order valence-corrected chi connectivity index (χ4v) is 5.98. The normalized spacial score (nSPS) is 16.0. The topological polar surface area (TPSA) is 116 Å². The van der Waals surface area contributed by atoms with Gasteiger partial charge in [-0.2, -0.15) is 4.58 Å². The number of pyridine rings is 1. The third kappa shape index (κ3) is 6.62. The number of ether oxygens (including phenoxy) is 1. The molecule has 7 rings (SSSR count). The van der Waals surface area contributed by atoms with Crippen LogP contribution >= 0.6 is 11.6 Å². The van der Waals surface area contributed by atoms with Crippen molar-refractivity contribution in [1.29, 1.82) is 0 Å². The minimum atomic E-state index is -0.961. The second-order valence-corrected chi connectivity index (χ2v) is 11.9. The molecule has 0 saturated heterocycles. The van der Waals surface area contributed by atoms with Crippen molar-refractivity contribution in [2.24, 2.45) is 5.73 Å². The number of methoxy groups -OCH3 is 1. The summed E-state index contributed by atoms with van der Waals surface area (Å²) < 4.78 is 52.7. The number of nitrogens with zero attached hydrogens (tertiary/aromatic N) is 3. The molecule has 246 valence electrons. The molecule has 2 saturated carbocycles. The lowest BCUT2D eigenvalue weighted by atomic mass is 9.89. The molecule has 5 N–H and O–H groups in total. The van der Waals surface area contributed by atoms with E-state index in [-0.39, 0.29) is 35.0 Å². The maximum Gasteiger partial charge on any atom is 0.261 e. The van der Waals surface area contributed by atoms with E-state index in [1.807, 2.05) is 36.5 Å². The molecule has 3 aliphatic rings. The minimum absolute atomic E-state index is 0. The number of fused-ring (bicyclic) bond motifs is 1. The van der Waals surface area contributed by atoms with Gasteiger partial charge in [-0.15, -0.1) is 0 Å². The number of rotatable bonds is 11. The zero-order valence-electron chi connectivity index (χ0n) is 26.1. The molecule has 0 amide bonds. The van der Waals surface area contributed by atoms with Gasteiger partial charge in [-0.3, -0.25) is 4.98 Å². The summed E-state index contributed by atoms with van der Waals surface area (Å²) in [5.41, 5.74) is 7.53. The van der Waals surface area contributed by atoms with Crippen molar-refractivity contribution in [3.8, 4) is 22.8 Å². The second-order valence-electron chi connectivity index (χ2n) is 11.5. The van der Waals surface area contributed by atoms with Gasteiger partial charge < -0.3 is 26.3 Å². The number of nitrogens with two attached hydrogens (primary N) is 1. The standard InChI is InChI=1S/C34H28ClF3N3O3.CH5N.H3N/c1-43-30-16-24(13-21-17-40(33(21)30)23-7-8-23)44-41(38)18-26(20-5-3-2-4-6-20)29-15-22(34(19-42)11-12-34)14-28(39-29)25-9-10-27(36)31(35)32(25)37;1-2;/h2-6,9-10,13-17,19,23,26H,7-8,11-12,18H2,1H3;2H2,1H3;1H3/q+1;;. The molecule has 1 atom stereocenters. The molecule has 2 aliphatic carbocycles. The third-order valence-electron chi connectivity index (χ3n) is 8.61. The molecule has 3 aromatic carbocycles. The Kier molecular flexibility index (Phi) is 10.0. The zero-order chi connectivity index (χ0) is 32.6. The average molecular weight is 667 g/mol. The highest BCUT2D eigenvalue weighted by Gasteiger charge is 2.45. The Bertz CT molecular complexity index is 1820. The SMILES string of the molecule is CN.COc1cc(ON(F)CC(c2ccccc2)c2cc(C3(C=O)CC3)cc(-c3ccc(F)c(Cl)c3F)n2)cc2c1[N+](C1CC1)=C2.N. The number of hydroxylamine groups is 1. The predicted molar refractivity (Wildman–Crippen MR) is 175 cm³/mol. The summed E-state index contributed by atoms with van der Waals surface area (Å²) in [6, 6.07) is 18.8. The van der Waals surface area contributed by atoms with Crippen molar-refractivity contribution in [2.45, 2.75) is 43.1 Å². The number of carbonyl (C=O) groups is 1. The van der Waals surface area contributed by atoms with Crippen LogP contribution in [0.5, 0.6) is 11.5 Å². The van der Waals surface area contributed by atoms with Gasteiger partial charge in [0, 0.05) is 41.7 Å². The molecule has 2 heterocycles. The van der Waals surface area contributed by atoms with E-state index in [0.717, 1.165) is 42.0 Å². The summed E-state index contributed by atoms with van der Waals surface area (Å²) in [7, 11) is 3.07. The van der Waals surface area contributed by atoms with Crippen LogP contribution in [0.15, 0.2) is 66.7 Å². The third-order valence-corrected chi connectivity index (χ3v) is 8.96. The van der Waals surface area contributed by atoms with Crippen LogP contribution < -0.4 is 21.5 Å². The Morgan fingerprint density at radius 2 is 1.83 bits per heavy atom. The quantitative estimate of drug-likeness (QED) is 0.0572. The van der Waals surface area contributed by atoms with Gasteiger partial charge >= 0.3 is 0 Å². The summed E-state index contributed by atoms with van der Waals surface area (Å²) >= 11 is 5.90.